The van der Waals surface area contributed by atoms with E-state index >= 15 is 0 Å². The summed E-state index contributed by atoms with van der Waals surface area (Å²) in [5, 5.41) is 11.8. The predicted octanol–water partition coefficient (Wildman–Crippen LogP) is 5.37. The molecule has 4 rings (SSSR count). The van der Waals surface area contributed by atoms with Crippen LogP contribution in [0.15, 0.2) is 42.0 Å². The van der Waals surface area contributed by atoms with E-state index in [1.165, 1.54) is 26.4 Å². The summed E-state index contributed by atoms with van der Waals surface area (Å²) in [6.45, 7) is 0. The number of para-hydroxylation sites is 1. The van der Waals surface area contributed by atoms with Crippen molar-refractivity contribution in [2.75, 3.05) is 14.2 Å². The number of methoxy groups -OCH3 is 2. The largest absolute Gasteiger partial charge is 0.507 e. The number of carbonyl (C=O) groups excluding carboxylic acids is 2. The molecule has 2 fully saturated rings. The molecule has 2 aromatic rings. The van der Waals surface area contributed by atoms with Gasteiger partial charge in [-0.25, -0.2) is 0 Å². The first-order chi connectivity index (χ1) is 15.4. The Morgan fingerprint density at radius 2 is 1.75 bits per heavy atom. The van der Waals surface area contributed by atoms with E-state index in [9.17, 15) is 14.7 Å². The Morgan fingerprint density at radius 1 is 1.06 bits per heavy atom. The molecule has 6 nitrogen and oxygen atoms in total. The zero-order valence-corrected chi connectivity index (χ0v) is 19.2. The number of aliphatic hydroxyl groups is 1. The molecule has 2 aliphatic rings. The van der Waals surface area contributed by atoms with Crippen LogP contribution < -0.4 is 9.47 Å². The SMILES string of the molecule is COc1ccccc1C1/C(=C(\O)c2cc(Cl)cc(Cl)c2OC)C(=O)C(=O)N1C1CCCC1. The van der Waals surface area contributed by atoms with E-state index in [4.69, 9.17) is 32.7 Å². The molecule has 32 heavy (non-hydrogen) atoms. The number of aliphatic hydroxyl groups excluding tert-OH is 1. The minimum absolute atomic E-state index is 0.0389. The van der Waals surface area contributed by atoms with Crippen molar-refractivity contribution in [2.24, 2.45) is 0 Å². The molecule has 0 bridgehead atoms. The number of benzene rings is 2. The van der Waals surface area contributed by atoms with Crippen molar-refractivity contribution in [3.63, 3.8) is 0 Å². The van der Waals surface area contributed by atoms with E-state index < -0.39 is 17.7 Å². The second kappa shape index (κ2) is 9.04. The van der Waals surface area contributed by atoms with E-state index in [-0.39, 0.29) is 38.7 Å². The number of nitrogens with zero attached hydrogens (tertiary/aromatic N) is 1. The third-order valence-corrected chi connectivity index (χ3v) is 6.60. The Balaban J connectivity index is 1.99. The molecule has 168 valence electrons. The molecule has 2 aromatic carbocycles. The molecule has 0 spiro atoms. The van der Waals surface area contributed by atoms with Gasteiger partial charge in [0.2, 0.25) is 0 Å². The molecule has 1 unspecified atom stereocenters. The normalized spacial score (nSPS) is 20.8. The van der Waals surface area contributed by atoms with Gasteiger partial charge in [-0.05, 0) is 31.0 Å². The number of halogens is 2. The van der Waals surface area contributed by atoms with Gasteiger partial charge in [0.25, 0.3) is 11.7 Å². The van der Waals surface area contributed by atoms with Gasteiger partial charge in [0, 0.05) is 16.6 Å². The van der Waals surface area contributed by atoms with Gasteiger partial charge in [0.05, 0.1) is 36.4 Å². The summed E-state index contributed by atoms with van der Waals surface area (Å²) in [6, 6.07) is 9.21. The molecule has 8 heteroatoms. The zero-order valence-electron chi connectivity index (χ0n) is 17.7. The Kier molecular flexibility index (Phi) is 6.35. The van der Waals surface area contributed by atoms with Crippen molar-refractivity contribution in [1.29, 1.82) is 0 Å². The summed E-state index contributed by atoms with van der Waals surface area (Å²) in [6.07, 6.45) is 3.55. The maximum absolute atomic E-state index is 13.3. The van der Waals surface area contributed by atoms with Crippen molar-refractivity contribution >= 4 is 40.7 Å². The summed E-state index contributed by atoms with van der Waals surface area (Å²) in [4.78, 5) is 28.1. The number of carbonyl (C=O) groups is 2. The van der Waals surface area contributed by atoms with Gasteiger partial charge in [-0.1, -0.05) is 54.2 Å². The highest BCUT2D eigenvalue weighted by molar-refractivity contribution is 6.47. The van der Waals surface area contributed by atoms with E-state index in [1.807, 2.05) is 12.1 Å². The van der Waals surface area contributed by atoms with Crippen LogP contribution in [0.25, 0.3) is 5.76 Å². The minimum Gasteiger partial charge on any atom is -0.507 e. The molecular formula is C24H23Cl2NO5. The fourth-order valence-electron chi connectivity index (χ4n) is 4.70. The van der Waals surface area contributed by atoms with E-state index in [0.29, 0.717) is 11.3 Å². The fourth-order valence-corrected chi connectivity index (χ4v) is 5.27. The highest BCUT2D eigenvalue weighted by Crippen LogP contribution is 2.47. The lowest BCUT2D eigenvalue weighted by Crippen LogP contribution is -2.37. The van der Waals surface area contributed by atoms with Crippen LogP contribution in [0.5, 0.6) is 11.5 Å². The zero-order chi connectivity index (χ0) is 23.0. The van der Waals surface area contributed by atoms with Crippen LogP contribution in [0, 0.1) is 0 Å². The van der Waals surface area contributed by atoms with Gasteiger partial charge in [0.1, 0.15) is 17.3 Å². The van der Waals surface area contributed by atoms with Crippen LogP contribution >= 0.6 is 23.2 Å². The van der Waals surface area contributed by atoms with Crippen LogP contribution in [0.2, 0.25) is 10.0 Å². The first-order valence-electron chi connectivity index (χ1n) is 10.4. The summed E-state index contributed by atoms with van der Waals surface area (Å²) in [5.41, 5.74) is 0.729. The predicted molar refractivity (Wildman–Crippen MR) is 122 cm³/mol. The number of amides is 1. The van der Waals surface area contributed by atoms with Gasteiger partial charge in [0.15, 0.2) is 0 Å². The van der Waals surface area contributed by atoms with Crippen LogP contribution in [0.1, 0.15) is 42.9 Å². The number of hydrogen-bond acceptors (Lipinski definition) is 5. The van der Waals surface area contributed by atoms with E-state index in [1.54, 1.807) is 17.0 Å². The third-order valence-electron chi connectivity index (χ3n) is 6.10. The molecule has 1 aliphatic carbocycles. The maximum Gasteiger partial charge on any atom is 0.295 e. The number of rotatable bonds is 5. The average Bonchev–Trinajstić information content (AvgIpc) is 3.39. The van der Waals surface area contributed by atoms with Crippen LogP contribution in [-0.2, 0) is 9.59 Å². The molecular weight excluding hydrogens is 453 g/mol. The monoisotopic (exact) mass is 475 g/mol. The molecule has 1 atom stereocenters. The molecule has 1 amide bonds. The maximum atomic E-state index is 13.3. The lowest BCUT2D eigenvalue weighted by molar-refractivity contribution is -0.141. The Morgan fingerprint density at radius 3 is 2.41 bits per heavy atom. The first-order valence-corrected chi connectivity index (χ1v) is 11.1. The smallest absolute Gasteiger partial charge is 0.295 e. The average molecular weight is 476 g/mol. The molecule has 0 aromatic heterocycles. The number of likely N-dealkylation sites (tertiary alicyclic amines) is 1. The van der Waals surface area contributed by atoms with Crippen LogP contribution in [0.3, 0.4) is 0 Å². The summed E-state index contributed by atoms with van der Waals surface area (Å²) >= 11 is 12.4. The summed E-state index contributed by atoms with van der Waals surface area (Å²) in [5.74, 6) is -1.10. The lowest BCUT2D eigenvalue weighted by Gasteiger charge is -2.31. The van der Waals surface area contributed by atoms with Crippen molar-refractivity contribution in [3.8, 4) is 11.5 Å². The number of Topliss-reactive ketones (excluding diaryl/α,β-unsaturated/α-hetero) is 1. The fraction of sp³-hybridized carbons (Fsp3) is 0.333. The minimum atomic E-state index is -0.809. The number of ether oxygens (including phenoxy) is 2. The van der Waals surface area contributed by atoms with Gasteiger partial charge < -0.3 is 19.5 Å². The molecule has 1 aliphatic heterocycles. The Bertz CT molecular complexity index is 1110. The molecule has 1 heterocycles. The van der Waals surface area contributed by atoms with Gasteiger partial charge in [-0.2, -0.15) is 0 Å². The van der Waals surface area contributed by atoms with Gasteiger partial charge in [-0.15, -0.1) is 0 Å². The quantitative estimate of drug-likeness (QED) is 0.357. The van der Waals surface area contributed by atoms with Crippen molar-refractivity contribution < 1.29 is 24.2 Å². The second-order valence-electron chi connectivity index (χ2n) is 7.86. The Labute approximate surface area is 196 Å². The molecule has 1 N–H and O–H groups in total. The highest BCUT2D eigenvalue weighted by Gasteiger charge is 2.50. The number of ketones is 1. The third kappa shape index (κ3) is 3.71. The van der Waals surface area contributed by atoms with Crippen molar-refractivity contribution in [2.45, 2.75) is 37.8 Å². The first kappa shape index (κ1) is 22.5. The van der Waals surface area contributed by atoms with E-state index in [2.05, 4.69) is 0 Å². The standard InChI is InChI=1S/C24H23Cl2NO5/c1-31-18-10-6-5-9-15(18)20-19(22(29)24(30)27(20)14-7-3-4-8-14)21(28)16-11-13(25)12-17(26)23(16)32-2/h5-6,9-12,14,20,28H,3-4,7-8H2,1-2H3/b21-19+. The van der Waals surface area contributed by atoms with Crippen LogP contribution in [-0.4, -0.2) is 42.0 Å². The topological polar surface area (TPSA) is 76.1 Å². The van der Waals surface area contributed by atoms with E-state index in [0.717, 1.165) is 25.7 Å². The summed E-state index contributed by atoms with van der Waals surface area (Å²) in [7, 11) is 2.93. The molecule has 1 saturated heterocycles. The molecule has 1 saturated carbocycles. The van der Waals surface area contributed by atoms with Crippen LogP contribution in [0.4, 0.5) is 0 Å². The van der Waals surface area contributed by atoms with Gasteiger partial charge >= 0.3 is 0 Å². The highest BCUT2D eigenvalue weighted by atomic mass is 35.5. The number of hydrogen-bond donors (Lipinski definition) is 1. The second-order valence-corrected chi connectivity index (χ2v) is 8.70. The van der Waals surface area contributed by atoms with Crippen molar-refractivity contribution in [1.82, 2.24) is 4.90 Å². The van der Waals surface area contributed by atoms with Crippen molar-refractivity contribution in [3.05, 3.63) is 63.1 Å². The Hall–Kier alpha value is -2.70. The summed E-state index contributed by atoms with van der Waals surface area (Å²) < 4.78 is 10.9. The molecule has 0 radical (unpaired) electrons. The van der Waals surface area contributed by atoms with Gasteiger partial charge in [-0.3, -0.25) is 9.59 Å². The lowest BCUT2D eigenvalue weighted by atomic mass is 9.93.